The molecule has 0 radical (unpaired) electrons. The fourth-order valence-corrected chi connectivity index (χ4v) is 4.58. The molecule has 2 aromatic heterocycles. The van der Waals surface area contributed by atoms with Gasteiger partial charge in [0.1, 0.15) is 12.4 Å². The summed E-state index contributed by atoms with van der Waals surface area (Å²) < 4.78 is 17.6. The summed E-state index contributed by atoms with van der Waals surface area (Å²) in [7, 11) is 0. The Morgan fingerprint density at radius 3 is 2.58 bits per heavy atom. The molecule has 190 valence electrons. The third-order valence-corrected chi connectivity index (χ3v) is 6.46. The summed E-state index contributed by atoms with van der Waals surface area (Å²) in [4.78, 5) is 28.1. The topological polar surface area (TPSA) is 124 Å². The van der Waals surface area contributed by atoms with Crippen LogP contribution < -0.4 is 10.5 Å². The zero-order valence-corrected chi connectivity index (χ0v) is 20.3. The number of rotatable bonds is 6. The molecule has 0 aliphatic heterocycles. The van der Waals surface area contributed by atoms with Crippen molar-refractivity contribution < 1.29 is 19.4 Å². The van der Waals surface area contributed by atoms with E-state index >= 15 is 0 Å². The predicted octanol–water partition coefficient (Wildman–Crippen LogP) is 3.87. The van der Waals surface area contributed by atoms with E-state index in [1.165, 1.54) is 41.4 Å². The molecule has 0 aliphatic rings. The normalized spacial score (nSPS) is 11.1. The van der Waals surface area contributed by atoms with Gasteiger partial charge in [0.25, 0.3) is 5.56 Å². The van der Waals surface area contributed by atoms with Gasteiger partial charge in [-0.05, 0) is 37.3 Å². The molecule has 2 heterocycles. The smallest absolute Gasteiger partial charge is 0.277 e. The Kier molecular flexibility index (Phi) is 6.26. The fourth-order valence-electron chi connectivity index (χ4n) is 4.58. The monoisotopic (exact) mass is 511 g/mol. The van der Waals surface area contributed by atoms with Gasteiger partial charge in [-0.25, -0.2) is 9.07 Å². The number of phenolic OH excluding ortho intramolecular Hbond substituents is 2. The second-order valence-corrected chi connectivity index (χ2v) is 8.70. The second kappa shape index (κ2) is 9.71. The van der Waals surface area contributed by atoms with Gasteiger partial charge in [0.15, 0.2) is 11.5 Å². The molecule has 10 heteroatoms. The van der Waals surface area contributed by atoms with Crippen molar-refractivity contribution in [2.75, 3.05) is 11.4 Å². The number of hydrogen-bond acceptors (Lipinski definition) is 6. The second-order valence-electron chi connectivity index (χ2n) is 8.70. The van der Waals surface area contributed by atoms with E-state index in [1.807, 2.05) is 18.2 Å². The standard InChI is InChI=1S/C28H22FN5O4/c1-2-32(19-9-10-24(35)25(36)12-19)26(37)16-34-28(38)27-20-5-3-4-6-22(20)33(23(27)14-31-34)15-18-8-7-17(13-30)11-21(18)29/h3-12,14,35-36H,2,15-16H2,1H3. The Bertz CT molecular complexity index is 1820. The van der Waals surface area contributed by atoms with Gasteiger partial charge in [-0.2, -0.15) is 10.4 Å². The van der Waals surface area contributed by atoms with Crippen LogP contribution in [0.1, 0.15) is 18.1 Å². The van der Waals surface area contributed by atoms with E-state index in [1.54, 1.807) is 29.7 Å². The Hall–Kier alpha value is -5.17. The van der Waals surface area contributed by atoms with Gasteiger partial charge in [0.05, 0.1) is 35.3 Å². The highest BCUT2D eigenvalue weighted by Gasteiger charge is 2.21. The molecule has 9 nitrogen and oxygen atoms in total. The van der Waals surface area contributed by atoms with Crippen LogP contribution in [0.4, 0.5) is 10.1 Å². The zero-order chi connectivity index (χ0) is 27.0. The molecular formula is C28H22FN5O4. The molecule has 0 bridgehead atoms. The third-order valence-electron chi connectivity index (χ3n) is 6.46. The summed E-state index contributed by atoms with van der Waals surface area (Å²) in [6.45, 7) is 1.76. The number of carbonyl (C=O) groups excluding carboxylic acids is 1. The first-order valence-electron chi connectivity index (χ1n) is 11.8. The van der Waals surface area contributed by atoms with Gasteiger partial charge in [-0.1, -0.05) is 24.3 Å². The van der Waals surface area contributed by atoms with Gasteiger partial charge in [0.2, 0.25) is 5.91 Å². The van der Waals surface area contributed by atoms with Crippen molar-refractivity contribution in [2.45, 2.75) is 20.0 Å². The lowest BCUT2D eigenvalue weighted by Gasteiger charge is -2.21. The van der Waals surface area contributed by atoms with Crippen LogP contribution in [-0.2, 0) is 17.9 Å². The molecular weight excluding hydrogens is 489 g/mol. The average Bonchev–Trinajstić information content (AvgIpc) is 3.23. The van der Waals surface area contributed by atoms with Gasteiger partial charge in [0, 0.05) is 34.8 Å². The number of benzene rings is 3. The van der Waals surface area contributed by atoms with Crippen LogP contribution in [0.5, 0.6) is 11.5 Å². The Balaban J connectivity index is 1.56. The Morgan fingerprint density at radius 2 is 1.87 bits per heavy atom. The third kappa shape index (κ3) is 4.20. The zero-order valence-electron chi connectivity index (χ0n) is 20.3. The molecule has 0 atom stereocenters. The van der Waals surface area contributed by atoms with E-state index in [4.69, 9.17) is 5.26 Å². The van der Waals surface area contributed by atoms with Crippen LogP contribution in [-0.4, -0.2) is 37.0 Å². The van der Waals surface area contributed by atoms with Gasteiger partial charge in [-0.15, -0.1) is 0 Å². The lowest BCUT2D eigenvalue weighted by atomic mass is 10.1. The number of nitriles is 1. The lowest BCUT2D eigenvalue weighted by molar-refractivity contribution is -0.119. The first kappa shape index (κ1) is 24.5. The molecule has 3 aromatic carbocycles. The molecule has 0 saturated carbocycles. The van der Waals surface area contributed by atoms with Crippen molar-refractivity contribution in [2.24, 2.45) is 0 Å². The predicted molar refractivity (Wildman–Crippen MR) is 140 cm³/mol. The van der Waals surface area contributed by atoms with Crippen LogP contribution >= 0.6 is 0 Å². The number of carbonyl (C=O) groups is 1. The highest BCUT2D eigenvalue weighted by molar-refractivity contribution is 6.07. The number of fused-ring (bicyclic) bond motifs is 3. The van der Waals surface area contributed by atoms with Crippen LogP contribution in [0.2, 0.25) is 0 Å². The number of phenols is 2. The van der Waals surface area contributed by atoms with Crippen LogP contribution in [0.15, 0.2) is 71.7 Å². The number of hydrogen-bond donors (Lipinski definition) is 2. The molecule has 1 amide bonds. The highest BCUT2D eigenvalue weighted by Crippen LogP contribution is 2.30. The molecule has 5 aromatic rings. The van der Waals surface area contributed by atoms with Crippen molar-refractivity contribution in [3.05, 3.63) is 94.2 Å². The van der Waals surface area contributed by atoms with E-state index in [2.05, 4.69) is 5.10 Å². The lowest BCUT2D eigenvalue weighted by Crippen LogP contribution is -2.37. The summed E-state index contributed by atoms with van der Waals surface area (Å²) in [5.41, 5.74) is 1.63. The van der Waals surface area contributed by atoms with Crippen molar-refractivity contribution in [3.8, 4) is 17.6 Å². The quantitative estimate of drug-likeness (QED) is 0.334. The maximum absolute atomic E-state index is 14.7. The van der Waals surface area contributed by atoms with Crippen LogP contribution in [0.25, 0.3) is 21.8 Å². The van der Waals surface area contributed by atoms with Crippen molar-refractivity contribution in [3.63, 3.8) is 0 Å². The maximum atomic E-state index is 14.7. The van der Waals surface area contributed by atoms with Crippen molar-refractivity contribution >= 4 is 33.4 Å². The van der Waals surface area contributed by atoms with Crippen molar-refractivity contribution in [1.29, 1.82) is 5.26 Å². The number of anilines is 1. The minimum Gasteiger partial charge on any atom is -0.504 e. The summed E-state index contributed by atoms with van der Waals surface area (Å²) in [5.74, 6) is -1.63. The largest absolute Gasteiger partial charge is 0.504 e. The van der Waals surface area contributed by atoms with Crippen LogP contribution in [0.3, 0.4) is 0 Å². The molecule has 0 fully saturated rings. The number of aromatic nitrogens is 3. The molecule has 5 rings (SSSR count). The summed E-state index contributed by atoms with van der Waals surface area (Å²) >= 11 is 0. The van der Waals surface area contributed by atoms with Gasteiger partial charge >= 0.3 is 0 Å². The number of para-hydroxylation sites is 1. The highest BCUT2D eigenvalue weighted by atomic mass is 19.1. The van der Waals surface area contributed by atoms with E-state index < -0.39 is 17.3 Å². The minimum absolute atomic E-state index is 0.111. The SMILES string of the molecule is CCN(C(=O)Cn1ncc2c(c1=O)c1ccccc1n2Cc1ccc(C#N)cc1F)c1ccc(O)c(O)c1. The molecule has 38 heavy (non-hydrogen) atoms. The number of amides is 1. The van der Waals surface area contributed by atoms with E-state index in [-0.39, 0.29) is 36.7 Å². The molecule has 0 saturated heterocycles. The van der Waals surface area contributed by atoms with E-state index in [0.29, 0.717) is 33.1 Å². The number of nitrogens with zero attached hydrogens (tertiary/aromatic N) is 5. The maximum Gasteiger partial charge on any atom is 0.277 e. The van der Waals surface area contributed by atoms with E-state index in [0.717, 1.165) is 4.68 Å². The summed E-state index contributed by atoms with van der Waals surface area (Å²) in [5, 5.41) is 33.7. The molecule has 0 aliphatic carbocycles. The number of aromatic hydroxyl groups is 2. The number of likely N-dealkylation sites (N-methyl/N-ethyl adjacent to an activating group) is 1. The average molecular weight is 512 g/mol. The summed E-state index contributed by atoms with van der Waals surface area (Å²) in [6, 6.07) is 17.4. The molecule has 2 N–H and O–H groups in total. The Morgan fingerprint density at radius 1 is 1.08 bits per heavy atom. The molecule has 0 spiro atoms. The van der Waals surface area contributed by atoms with Crippen LogP contribution in [0, 0.1) is 17.1 Å². The number of halogens is 1. The minimum atomic E-state index is -0.526. The molecule has 0 unspecified atom stereocenters. The first-order chi connectivity index (χ1) is 18.3. The van der Waals surface area contributed by atoms with Gasteiger partial charge < -0.3 is 19.7 Å². The van der Waals surface area contributed by atoms with E-state index in [9.17, 15) is 24.2 Å². The first-order valence-corrected chi connectivity index (χ1v) is 11.8. The summed E-state index contributed by atoms with van der Waals surface area (Å²) in [6.07, 6.45) is 1.48. The Labute approximate surface area is 215 Å². The van der Waals surface area contributed by atoms with Crippen molar-refractivity contribution in [1.82, 2.24) is 14.3 Å². The fraction of sp³-hybridized carbons (Fsp3) is 0.143. The van der Waals surface area contributed by atoms with Gasteiger partial charge in [-0.3, -0.25) is 9.59 Å².